The number of hydrogen-bond acceptors (Lipinski definition) is 7. The van der Waals surface area contributed by atoms with E-state index in [0.717, 1.165) is 17.6 Å². The lowest BCUT2D eigenvalue weighted by molar-refractivity contribution is 0.589. The van der Waals surface area contributed by atoms with E-state index in [4.69, 9.17) is 0 Å². The second-order valence-corrected chi connectivity index (χ2v) is 5.96. The van der Waals surface area contributed by atoms with Crippen LogP contribution in [0.3, 0.4) is 0 Å². The zero-order valence-electron chi connectivity index (χ0n) is 13.2. The predicted octanol–water partition coefficient (Wildman–Crippen LogP) is 2.20. The molecule has 3 rings (SSSR count). The third-order valence-corrected chi connectivity index (χ3v) is 3.83. The number of aryl methyl sites for hydroxylation is 1. The standard InChI is InChI=1S/C16H15BrN8/c17-15-4-1-3-13(23-15)12(9-18)14-5-7-21-16(24-14)20-6-2-8-25-11-19-10-22-25/h1,3-5,7,10-11,23H,2,6,8H2,(H,20,21,24)/b13-12+. The topological polar surface area (TPSA) is 104 Å². The van der Waals surface area contributed by atoms with E-state index in [9.17, 15) is 5.26 Å². The third kappa shape index (κ3) is 4.51. The average Bonchev–Trinajstić information content (AvgIpc) is 3.13. The molecule has 8 nitrogen and oxygen atoms in total. The summed E-state index contributed by atoms with van der Waals surface area (Å²) in [6.07, 6.45) is 11.2. The van der Waals surface area contributed by atoms with Crippen LogP contribution in [0.15, 0.2) is 53.4 Å². The van der Waals surface area contributed by atoms with Crippen molar-refractivity contribution < 1.29 is 0 Å². The molecule has 1 aliphatic rings. The molecule has 9 heteroatoms. The van der Waals surface area contributed by atoms with Crippen molar-refractivity contribution in [2.75, 3.05) is 11.9 Å². The number of anilines is 1. The molecule has 0 aliphatic carbocycles. The summed E-state index contributed by atoms with van der Waals surface area (Å²) in [6.45, 7) is 1.45. The van der Waals surface area contributed by atoms with Crippen molar-refractivity contribution in [3.05, 3.63) is 59.1 Å². The van der Waals surface area contributed by atoms with Crippen molar-refractivity contribution in [3.63, 3.8) is 0 Å². The van der Waals surface area contributed by atoms with E-state index >= 15 is 0 Å². The summed E-state index contributed by atoms with van der Waals surface area (Å²) in [5, 5.41) is 19.8. The van der Waals surface area contributed by atoms with Gasteiger partial charge in [0.15, 0.2) is 0 Å². The number of allylic oxidation sites excluding steroid dienone is 4. The Hall–Kier alpha value is -2.99. The molecule has 0 unspecified atom stereocenters. The quantitative estimate of drug-likeness (QED) is 0.436. The molecule has 0 saturated carbocycles. The van der Waals surface area contributed by atoms with Crippen LogP contribution in [0.2, 0.25) is 0 Å². The highest BCUT2D eigenvalue weighted by atomic mass is 79.9. The molecule has 0 radical (unpaired) electrons. The molecule has 2 aromatic heterocycles. The second kappa shape index (κ2) is 8.21. The molecule has 0 spiro atoms. The highest BCUT2D eigenvalue weighted by molar-refractivity contribution is 9.11. The molecule has 3 heterocycles. The van der Waals surface area contributed by atoms with E-state index in [1.807, 2.05) is 18.2 Å². The first-order chi connectivity index (χ1) is 12.3. The van der Waals surface area contributed by atoms with Crippen LogP contribution in [0.4, 0.5) is 5.95 Å². The number of nitriles is 1. The van der Waals surface area contributed by atoms with Gasteiger partial charge < -0.3 is 10.6 Å². The molecular weight excluding hydrogens is 384 g/mol. The number of halogens is 1. The van der Waals surface area contributed by atoms with Crippen LogP contribution in [0.1, 0.15) is 12.1 Å². The van der Waals surface area contributed by atoms with Gasteiger partial charge in [-0.2, -0.15) is 10.4 Å². The van der Waals surface area contributed by atoms with Crippen LogP contribution < -0.4 is 10.6 Å². The molecule has 0 aromatic carbocycles. The lowest BCUT2D eigenvalue weighted by atomic mass is 10.1. The Labute approximate surface area is 153 Å². The highest BCUT2D eigenvalue weighted by Gasteiger charge is 2.12. The van der Waals surface area contributed by atoms with Gasteiger partial charge >= 0.3 is 0 Å². The summed E-state index contributed by atoms with van der Waals surface area (Å²) in [5.41, 5.74) is 1.70. The van der Waals surface area contributed by atoms with Crippen LogP contribution >= 0.6 is 15.9 Å². The van der Waals surface area contributed by atoms with Crippen LogP contribution in [0.5, 0.6) is 0 Å². The van der Waals surface area contributed by atoms with Crippen LogP contribution in [-0.4, -0.2) is 31.3 Å². The minimum Gasteiger partial charge on any atom is -0.354 e. The van der Waals surface area contributed by atoms with E-state index in [0.29, 0.717) is 29.5 Å². The fraction of sp³-hybridized carbons (Fsp3) is 0.188. The summed E-state index contributed by atoms with van der Waals surface area (Å²) in [4.78, 5) is 12.5. The average molecular weight is 399 g/mol. The van der Waals surface area contributed by atoms with Crippen molar-refractivity contribution in [3.8, 4) is 6.07 Å². The van der Waals surface area contributed by atoms with E-state index in [-0.39, 0.29) is 0 Å². The van der Waals surface area contributed by atoms with Gasteiger partial charge in [0.05, 0.1) is 16.0 Å². The monoisotopic (exact) mass is 398 g/mol. The minimum atomic E-state index is 0.453. The number of rotatable bonds is 6. The van der Waals surface area contributed by atoms with Gasteiger partial charge in [-0.3, -0.25) is 4.68 Å². The Bertz CT molecular complexity index is 861. The number of dihydropyridines is 1. The van der Waals surface area contributed by atoms with Gasteiger partial charge in [-0.25, -0.2) is 15.0 Å². The number of nitrogens with one attached hydrogen (secondary N) is 2. The molecule has 2 N–H and O–H groups in total. The Morgan fingerprint density at radius 1 is 1.44 bits per heavy atom. The fourth-order valence-corrected chi connectivity index (χ4v) is 2.58. The molecule has 0 saturated heterocycles. The van der Waals surface area contributed by atoms with Crippen molar-refractivity contribution in [1.82, 2.24) is 30.0 Å². The maximum Gasteiger partial charge on any atom is 0.223 e. The normalized spacial score (nSPS) is 15.1. The summed E-state index contributed by atoms with van der Waals surface area (Å²) in [6, 6.07) is 3.92. The molecule has 0 amide bonds. The van der Waals surface area contributed by atoms with Gasteiger partial charge in [0.2, 0.25) is 5.95 Å². The van der Waals surface area contributed by atoms with Crippen LogP contribution in [-0.2, 0) is 6.54 Å². The molecule has 126 valence electrons. The Balaban J connectivity index is 1.66. The first-order valence-corrected chi connectivity index (χ1v) is 8.40. The summed E-state index contributed by atoms with van der Waals surface area (Å²) < 4.78 is 2.56. The molecule has 0 atom stereocenters. The first-order valence-electron chi connectivity index (χ1n) is 7.61. The fourth-order valence-electron chi connectivity index (χ4n) is 2.21. The lowest BCUT2D eigenvalue weighted by Gasteiger charge is -2.12. The van der Waals surface area contributed by atoms with E-state index < -0.39 is 0 Å². The largest absolute Gasteiger partial charge is 0.354 e. The molecular formula is C16H15BrN8. The Morgan fingerprint density at radius 3 is 3.12 bits per heavy atom. The predicted molar refractivity (Wildman–Crippen MR) is 97.0 cm³/mol. The van der Waals surface area contributed by atoms with Gasteiger partial charge in [-0.05, 0) is 40.6 Å². The Kier molecular flexibility index (Phi) is 5.53. The summed E-state index contributed by atoms with van der Waals surface area (Å²) >= 11 is 3.37. The van der Waals surface area contributed by atoms with Gasteiger partial charge in [-0.15, -0.1) is 0 Å². The molecule has 2 aromatic rings. The van der Waals surface area contributed by atoms with Crippen molar-refractivity contribution in [1.29, 1.82) is 5.26 Å². The SMILES string of the molecule is N#C/C(=C1/C=CC=C(Br)N1)c1ccnc(NCCCn2cncn2)n1. The molecule has 0 bridgehead atoms. The van der Waals surface area contributed by atoms with Crippen LogP contribution in [0, 0.1) is 11.3 Å². The first kappa shape index (κ1) is 16.9. The molecule has 25 heavy (non-hydrogen) atoms. The van der Waals surface area contributed by atoms with E-state index in [1.165, 1.54) is 6.33 Å². The zero-order valence-corrected chi connectivity index (χ0v) is 14.8. The summed E-state index contributed by atoms with van der Waals surface area (Å²) in [5.74, 6) is 0.485. The smallest absolute Gasteiger partial charge is 0.223 e. The van der Waals surface area contributed by atoms with E-state index in [1.54, 1.807) is 23.3 Å². The van der Waals surface area contributed by atoms with Gasteiger partial charge in [0.25, 0.3) is 0 Å². The van der Waals surface area contributed by atoms with Crippen molar-refractivity contribution in [2.24, 2.45) is 0 Å². The van der Waals surface area contributed by atoms with E-state index in [2.05, 4.69) is 52.7 Å². The van der Waals surface area contributed by atoms with Crippen LogP contribution in [0.25, 0.3) is 5.57 Å². The van der Waals surface area contributed by atoms with Crippen molar-refractivity contribution >= 4 is 27.5 Å². The highest BCUT2D eigenvalue weighted by Crippen LogP contribution is 2.20. The third-order valence-electron chi connectivity index (χ3n) is 3.37. The number of aromatic nitrogens is 5. The molecule has 0 fully saturated rings. The van der Waals surface area contributed by atoms with Gasteiger partial charge in [0.1, 0.15) is 24.3 Å². The summed E-state index contributed by atoms with van der Waals surface area (Å²) in [7, 11) is 0. The number of nitrogens with zero attached hydrogens (tertiary/aromatic N) is 6. The second-order valence-electron chi connectivity index (χ2n) is 5.10. The maximum absolute atomic E-state index is 9.52. The zero-order chi connectivity index (χ0) is 17.5. The Morgan fingerprint density at radius 2 is 2.36 bits per heavy atom. The minimum absolute atomic E-state index is 0.453. The lowest BCUT2D eigenvalue weighted by Crippen LogP contribution is -2.13. The number of hydrogen-bond donors (Lipinski definition) is 2. The maximum atomic E-state index is 9.52. The van der Waals surface area contributed by atoms with Gasteiger partial charge in [-0.1, -0.05) is 6.08 Å². The van der Waals surface area contributed by atoms with Crippen molar-refractivity contribution in [2.45, 2.75) is 13.0 Å². The van der Waals surface area contributed by atoms with Gasteiger partial charge in [0, 0.05) is 19.3 Å². The molecule has 1 aliphatic heterocycles.